The first-order valence-electron chi connectivity index (χ1n) is 8.16. The third kappa shape index (κ3) is 3.58. The Morgan fingerprint density at radius 2 is 1.76 bits per heavy atom. The van der Waals surface area contributed by atoms with Crippen LogP contribution < -0.4 is 14.8 Å². The Hall–Kier alpha value is -2.60. The molecular formula is C19H22FN3O2. The number of hydrogen-bond acceptors (Lipinski definition) is 4. The Bertz CT molecular complexity index is 859. The molecular weight excluding hydrogens is 321 g/mol. The summed E-state index contributed by atoms with van der Waals surface area (Å²) in [5.74, 6) is 2.04. The molecule has 1 heterocycles. The summed E-state index contributed by atoms with van der Waals surface area (Å²) in [5, 5.41) is 3.15. The highest BCUT2D eigenvalue weighted by Crippen LogP contribution is 2.32. The topological polar surface area (TPSA) is 48.3 Å². The third-order valence-corrected chi connectivity index (χ3v) is 4.19. The molecule has 0 aliphatic rings. The highest BCUT2D eigenvalue weighted by atomic mass is 19.1. The smallest absolute Gasteiger partial charge is 0.163 e. The van der Waals surface area contributed by atoms with Gasteiger partial charge in [0.25, 0.3) is 0 Å². The van der Waals surface area contributed by atoms with Crippen molar-refractivity contribution < 1.29 is 13.9 Å². The average molecular weight is 343 g/mol. The van der Waals surface area contributed by atoms with Crippen LogP contribution in [0.15, 0.2) is 36.4 Å². The molecule has 5 nitrogen and oxygen atoms in total. The molecule has 0 unspecified atom stereocenters. The van der Waals surface area contributed by atoms with Gasteiger partial charge in [0.2, 0.25) is 0 Å². The van der Waals surface area contributed by atoms with E-state index >= 15 is 0 Å². The van der Waals surface area contributed by atoms with Crippen LogP contribution in [-0.4, -0.2) is 37.4 Å². The number of rotatable bonds is 7. The Morgan fingerprint density at radius 3 is 2.40 bits per heavy atom. The molecule has 132 valence electrons. The standard InChI is InChI=1S/C19H22FN3O2/c1-21-9-8-19-22-15-10-17(24-2)18(25-3)11-16(15)23(19)12-13-4-6-14(20)7-5-13/h4-7,10-11,21H,8-9,12H2,1-3H3. The molecule has 0 amide bonds. The van der Waals surface area contributed by atoms with E-state index in [0.29, 0.717) is 18.0 Å². The minimum absolute atomic E-state index is 0.235. The fourth-order valence-corrected chi connectivity index (χ4v) is 2.88. The molecule has 3 aromatic rings. The van der Waals surface area contributed by atoms with Crippen molar-refractivity contribution in [2.75, 3.05) is 27.8 Å². The first-order chi connectivity index (χ1) is 12.2. The van der Waals surface area contributed by atoms with Gasteiger partial charge in [-0.05, 0) is 24.7 Å². The number of nitrogens with one attached hydrogen (secondary N) is 1. The minimum atomic E-state index is -0.235. The van der Waals surface area contributed by atoms with E-state index in [1.54, 1.807) is 26.4 Å². The quantitative estimate of drug-likeness (QED) is 0.716. The van der Waals surface area contributed by atoms with Gasteiger partial charge in [-0.1, -0.05) is 12.1 Å². The van der Waals surface area contributed by atoms with E-state index in [1.807, 2.05) is 19.2 Å². The third-order valence-electron chi connectivity index (χ3n) is 4.19. The number of methoxy groups -OCH3 is 2. The van der Waals surface area contributed by atoms with Crippen LogP contribution in [0.2, 0.25) is 0 Å². The Balaban J connectivity index is 2.09. The number of halogens is 1. The molecule has 25 heavy (non-hydrogen) atoms. The Kier molecular flexibility index (Phi) is 5.19. The first-order valence-corrected chi connectivity index (χ1v) is 8.16. The van der Waals surface area contributed by atoms with Crippen molar-refractivity contribution in [3.05, 3.63) is 53.6 Å². The van der Waals surface area contributed by atoms with E-state index in [9.17, 15) is 4.39 Å². The fourth-order valence-electron chi connectivity index (χ4n) is 2.88. The zero-order valence-electron chi connectivity index (χ0n) is 14.7. The molecule has 1 N–H and O–H groups in total. The molecule has 0 radical (unpaired) electrons. The SMILES string of the molecule is CNCCc1nc2cc(OC)c(OC)cc2n1Cc1ccc(F)cc1. The number of hydrogen-bond donors (Lipinski definition) is 1. The zero-order chi connectivity index (χ0) is 17.8. The van der Waals surface area contributed by atoms with Crippen LogP contribution >= 0.6 is 0 Å². The molecule has 0 atom stereocenters. The Labute approximate surface area is 146 Å². The number of ether oxygens (including phenoxy) is 2. The van der Waals surface area contributed by atoms with Gasteiger partial charge in [0.05, 0.1) is 25.3 Å². The number of nitrogens with zero attached hydrogens (tertiary/aromatic N) is 2. The van der Waals surface area contributed by atoms with Crippen LogP contribution in [0.25, 0.3) is 11.0 Å². The van der Waals surface area contributed by atoms with Gasteiger partial charge in [0, 0.05) is 31.6 Å². The zero-order valence-corrected chi connectivity index (χ0v) is 14.7. The Morgan fingerprint density at radius 1 is 1.08 bits per heavy atom. The van der Waals surface area contributed by atoms with Gasteiger partial charge in [-0.3, -0.25) is 0 Å². The second-order valence-corrected chi connectivity index (χ2v) is 5.79. The summed E-state index contributed by atoms with van der Waals surface area (Å²) in [5.41, 5.74) is 2.83. The molecule has 0 spiro atoms. The van der Waals surface area contributed by atoms with Gasteiger partial charge in [0.15, 0.2) is 11.5 Å². The van der Waals surface area contributed by atoms with Gasteiger partial charge in [-0.25, -0.2) is 9.37 Å². The molecule has 0 bridgehead atoms. The van der Waals surface area contributed by atoms with Gasteiger partial charge < -0.3 is 19.4 Å². The van der Waals surface area contributed by atoms with E-state index in [2.05, 4.69) is 9.88 Å². The van der Waals surface area contributed by atoms with Crippen LogP contribution in [0.1, 0.15) is 11.4 Å². The molecule has 0 aliphatic heterocycles. The molecule has 0 saturated carbocycles. The van der Waals surface area contributed by atoms with Crippen molar-refractivity contribution in [2.24, 2.45) is 0 Å². The van der Waals surface area contributed by atoms with Crippen LogP contribution in [-0.2, 0) is 13.0 Å². The maximum atomic E-state index is 13.2. The normalized spacial score (nSPS) is 11.0. The van der Waals surface area contributed by atoms with Crippen molar-refractivity contribution in [3.8, 4) is 11.5 Å². The van der Waals surface area contributed by atoms with Crippen molar-refractivity contribution in [1.29, 1.82) is 0 Å². The number of fused-ring (bicyclic) bond motifs is 1. The lowest BCUT2D eigenvalue weighted by molar-refractivity contribution is 0.355. The lowest BCUT2D eigenvalue weighted by Crippen LogP contribution is -2.14. The summed E-state index contributed by atoms with van der Waals surface area (Å²) in [6.45, 7) is 1.44. The largest absolute Gasteiger partial charge is 0.493 e. The molecule has 3 rings (SSSR count). The maximum absolute atomic E-state index is 13.2. The first kappa shape index (κ1) is 17.2. The fraction of sp³-hybridized carbons (Fsp3) is 0.316. The average Bonchev–Trinajstić information content (AvgIpc) is 2.97. The number of likely N-dealkylation sites (N-methyl/N-ethyl adjacent to an activating group) is 1. The predicted molar refractivity (Wildman–Crippen MR) is 96.0 cm³/mol. The van der Waals surface area contributed by atoms with Crippen LogP contribution in [0.3, 0.4) is 0 Å². The van der Waals surface area contributed by atoms with Crippen molar-refractivity contribution in [3.63, 3.8) is 0 Å². The highest BCUT2D eigenvalue weighted by molar-refractivity contribution is 5.80. The molecule has 6 heteroatoms. The van der Waals surface area contributed by atoms with E-state index in [-0.39, 0.29) is 5.82 Å². The van der Waals surface area contributed by atoms with Gasteiger partial charge >= 0.3 is 0 Å². The van der Waals surface area contributed by atoms with Gasteiger partial charge in [-0.15, -0.1) is 0 Å². The van der Waals surface area contributed by atoms with E-state index in [1.165, 1.54) is 12.1 Å². The highest BCUT2D eigenvalue weighted by Gasteiger charge is 2.15. The van der Waals surface area contributed by atoms with Crippen LogP contribution in [0.5, 0.6) is 11.5 Å². The molecule has 0 fully saturated rings. The number of aromatic nitrogens is 2. The predicted octanol–water partition coefficient (Wildman–Crippen LogP) is 3.00. The van der Waals surface area contributed by atoms with Crippen LogP contribution in [0, 0.1) is 5.82 Å². The minimum Gasteiger partial charge on any atom is -0.493 e. The van der Waals surface area contributed by atoms with Crippen molar-refractivity contribution >= 4 is 11.0 Å². The van der Waals surface area contributed by atoms with Crippen molar-refractivity contribution in [1.82, 2.24) is 14.9 Å². The van der Waals surface area contributed by atoms with E-state index in [0.717, 1.165) is 35.4 Å². The monoisotopic (exact) mass is 343 g/mol. The van der Waals surface area contributed by atoms with E-state index < -0.39 is 0 Å². The number of imidazole rings is 1. The second kappa shape index (κ2) is 7.53. The summed E-state index contributed by atoms with van der Waals surface area (Å²) in [4.78, 5) is 4.76. The van der Waals surface area contributed by atoms with Gasteiger partial charge in [0.1, 0.15) is 11.6 Å². The lowest BCUT2D eigenvalue weighted by atomic mass is 10.2. The maximum Gasteiger partial charge on any atom is 0.163 e. The molecule has 0 saturated heterocycles. The molecule has 2 aromatic carbocycles. The van der Waals surface area contributed by atoms with Crippen molar-refractivity contribution in [2.45, 2.75) is 13.0 Å². The van der Waals surface area contributed by atoms with E-state index in [4.69, 9.17) is 14.5 Å². The number of benzene rings is 2. The molecule has 0 aliphatic carbocycles. The summed E-state index contributed by atoms with van der Waals surface area (Å²) >= 11 is 0. The van der Waals surface area contributed by atoms with Gasteiger partial charge in [-0.2, -0.15) is 0 Å². The summed E-state index contributed by atoms with van der Waals surface area (Å²) in [7, 11) is 5.15. The van der Waals surface area contributed by atoms with Crippen LogP contribution in [0.4, 0.5) is 4.39 Å². The molecule has 1 aromatic heterocycles. The summed E-state index contributed by atoms with van der Waals surface area (Å²) in [6, 6.07) is 10.4. The lowest BCUT2D eigenvalue weighted by Gasteiger charge is -2.11. The second-order valence-electron chi connectivity index (χ2n) is 5.79. The summed E-state index contributed by atoms with van der Waals surface area (Å²) < 4.78 is 26.1. The summed E-state index contributed by atoms with van der Waals surface area (Å²) in [6.07, 6.45) is 0.789.